The number of halogens is 1. The van der Waals surface area contributed by atoms with Crippen LogP contribution < -0.4 is 14.8 Å². The van der Waals surface area contributed by atoms with Crippen molar-refractivity contribution in [1.29, 1.82) is 0 Å². The molecule has 168 valence electrons. The number of rotatable bonds is 6. The average Bonchev–Trinajstić information content (AvgIpc) is 3.51. The first-order valence-electron chi connectivity index (χ1n) is 10.4. The van der Waals surface area contributed by atoms with Crippen molar-refractivity contribution < 1.29 is 23.2 Å². The van der Waals surface area contributed by atoms with E-state index in [1.54, 1.807) is 24.3 Å². The normalized spacial score (nSPS) is 14.9. The molecule has 5 rings (SSSR count). The van der Waals surface area contributed by atoms with Crippen LogP contribution in [0.5, 0.6) is 16.7 Å². The Labute approximate surface area is 193 Å². The fraction of sp³-hybridized carbons (Fsp3) is 0.208. The first kappa shape index (κ1) is 21.1. The van der Waals surface area contributed by atoms with Crippen molar-refractivity contribution in [3.05, 3.63) is 88.0 Å². The van der Waals surface area contributed by atoms with Gasteiger partial charge in [0, 0.05) is 6.07 Å². The third-order valence-electron chi connectivity index (χ3n) is 5.39. The highest BCUT2D eigenvalue weighted by Crippen LogP contribution is 2.39. The van der Waals surface area contributed by atoms with E-state index in [1.807, 2.05) is 19.1 Å². The van der Waals surface area contributed by atoms with Crippen molar-refractivity contribution in [2.75, 3.05) is 0 Å². The Hall–Kier alpha value is -3.72. The highest BCUT2D eigenvalue weighted by molar-refractivity contribution is 7.15. The average molecular weight is 466 g/mol. The molecule has 4 aromatic rings. The molecular weight excluding hydrogens is 445 g/mol. The number of benzene rings is 2. The Morgan fingerprint density at radius 3 is 3.03 bits per heavy atom. The van der Waals surface area contributed by atoms with E-state index < -0.39 is 0 Å². The summed E-state index contributed by atoms with van der Waals surface area (Å²) in [6, 6.07) is 12.0. The van der Waals surface area contributed by atoms with Crippen LogP contribution in [0.25, 0.3) is 0 Å². The molecule has 0 bridgehead atoms. The van der Waals surface area contributed by atoms with E-state index in [-0.39, 0.29) is 24.4 Å². The second-order valence-corrected chi connectivity index (χ2v) is 8.66. The lowest BCUT2D eigenvalue weighted by atomic mass is 9.94. The van der Waals surface area contributed by atoms with E-state index in [0.29, 0.717) is 21.6 Å². The Kier molecular flexibility index (Phi) is 5.78. The van der Waals surface area contributed by atoms with Crippen molar-refractivity contribution >= 4 is 17.2 Å². The molecule has 1 amide bonds. The Bertz CT molecular complexity index is 1290. The molecule has 0 saturated carbocycles. The molecule has 2 aromatic heterocycles. The summed E-state index contributed by atoms with van der Waals surface area (Å²) in [5.41, 5.74) is 2.89. The molecule has 9 heteroatoms. The molecule has 0 fully saturated rings. The van der Waals surface area contributed by atoms with Gasteiger partial charge in [0.05, 0.1) is 18.9 Å². The van der Waals surface area contributed by atoms with Gasteiger partial charge in [0.1, 0.15) is 28.3 Å². The van der Waals surface area contributed by atoms with E-state index in [0.717, 1.165) is 46.6 Å². The van der Waals surface area contributed by atoms with Gasteiger partial charge >= 0.3 is 0 Å². The van der Waals surface area contributed by atoms with Gasteiger partial charge in [-0.2, -0.15) is 0 Å². The van der Waals surface area contributed by atoms with Crippen LogP contribution in [-0.2, 0) is 13.0 Å². The summed E-state index contributed by atoms with van der Waals surface area (Å²) in [5, 5.41) is 6.71. The van der Waals surface area contributed by atoms with Crippen molar-refractivity contribution in [2.45, 2.75) is 32.4 Å². The maximum Gasteiger partial charge on any atom is 0.279 e. The number of nitrogens with zero attached hydrogens (tertiary/aromatic N) is 2. The number of hydrogen-bond donors (Lipinski definition) is 1. The summed E-state index contributed by atoms with van der Waals surface area (Å²) < 4.78 is 30.7. The number of nitrogens with one attached hydrogen (secondary N) is 1. The monoisotopic (exact) mass is 465 g/mol. The van der Waals surface area contributed by atoms with Crippen LogP contribution in [0.3, 0.4) is 0 Å². The summed E-state index contributed by atoms with van der Waals surface area (Å²) in [6.07, 6.45) is 4.33. The van der Waals surface area contributed by atoms with E-state index in [9.17, 15) is 9.18 Å². The molecule has 0 saturated heterocycles. The third-order valence-corrected chi connectivity index (χ3v) is 6.27. The number of carbonyl (C=O) groups excluding carboxylic acids is 1. The van der Waals surface area contributed by atoms with Gasteiger partial charge in [0.15, 0.2) is 5.76 Å². The highest BCUT2D eigenvalue weighted by Gasteiger charge is 2.24. The predicted molar refractivity (Wildman–Crippen MR) is 119 cm³/mol. The molecule has 3 heterocycles. The van der Waals surface area contributed by atoms with Gasteiger partial charge in [-0.15, -0.1) is 0 Å². The van der Waals surface area contributed by atoms with Gasteiger partial charge in [-0.3, -0.25) is 4.79 Å². The predicted octanol–water partition coefficient (Wildman–Crippen LogP) is 5.37. The summed E-state index contributed by atoms with van der Waals surface area (Å²) in [5.74, 6) is 1.41. The first-order chi connectivity index (χ1) is 16.0. The lowest BCUT2D eigenvalue weighted by Gasteiger charge is -2.27. The fourth-order valence-electron chi connectivity index (χ4n) is 3.70. The van der Waals surface area contributed by atoms with E-state index >= 15 is 0 Å². The maximum absolute atomic E-state index is 13.7. The number of ether oxygens (including phenoxy) is 2. The largest absolute Gasteiger partial charge is 0.485 e. The summed E-state index contributed by atoms with van der Waals surface area (Å²) in [6.45, 7) is 2.20. The molecule has 0 spiro atoms. The van der Waals surface area contributed by atoms with E-state index in [4.69, 9.17) is 14.0 Å². The molecule has 2 aromatic carbocycles. The smallest absolute Gasteiger partial charge is 0.279 e. The molecule has 1 aliphatic heterocycles. The number of aromatic nitrogens is 2. The molecule has 0 radical (unpaired) electrons. The van der Waals surface area contributed by atoms with Crippen molar-refractivity contribution in [3.8, 4) is 16.7 Å². The van der Waals surface area contributed by atoms with E-state index in [1.165, 1.54) is 18.5 Å². The number of thiazole rings is 1. The minimum atomic E-state index is -0.267. The minimum Gasteiger partial charge on any atom is -0.485 e. The topological polar surface area (TPSA) is 86.5 Å². The summed E-state index contributed by atoms with van der Waals surface area (Å²) in [7, 11) is 0. The van der Waals surface area contributed by atoms with Crippen LogP contribution in [0.1, 0.15) is 44.6 Å². The molecular formula is C24H20FN3O4S. The second-order valence-electron chi connectivity index (χ2n) is 7.67. The zero-order valence-electron chi connectivity index (χ0n) is 17.7. The SMILES string of the molecule is Cc1ccc(F)cc1C1CCc2cc(Oc3ncc(C(=O)NCc4ccno4)s3)ccc2O1. The Morgan fingerprint density at radius 2 is 2.18 bits per heavy atom. The van der Waals surface area contributed by atoms with Crippen molar-refractivity contribution in [2.24, 2.45) is 0 Å². The number of amides is 1. The van der Waals surface area contributed by atoms with Gasteiger partial charge in [0.25, 0.3) is 11.1 Å². The van der Waals surface area contributed by atoms with Crippen molar-refractivity contribution in [1.82, 2.24) is 15.5 Å². The number of carbonyl (C=O) groups is 1. The van der Waals surface area contributed by atoms with Crippen LogP contribution in [0.15, 0.2) is 59.4 Å². The molecule has 1 atom stereocenters. The van der Waals surface area contributed by atoms with Crippen molar-refractivity contribution in [3.63, 3.8) is 0 Å². The minimum absolute atomic E-state index is 0.183. The van der Waals surface area contributed by atoms with Gasteiger partial charge in [-0.05, 0) is 66.8 Å². The van der Waals surface area contributed by atoms with Crippen LogP contribution in [0, 0.1) is 12.7 Å². The third kappa shape index (κ3) is 4.73. The second kappa shape index (κ2) is 9.03. The fourth-order valence-corrected chi connectivity index (χ4v) is 4.41. The van der Waals surface area contributed by atoms with Gasteiger partial charge in [-0.1, -0.05) is 22.6 Å². The Balaban J connectivity index is 1.23. The van der Waals surface area contributed by atoms with Crippen LogP contribution >= 0.6 is 11.3 Å². The molecule has 1 unspecified atom stereocenters. The number of fused-ring (bicyclic) bond motifs is 1. The number of aryl methyl sites for hydroxylation is 2. The zero-order chi connectivity index (χ0) is 22.8. The van der Waals surface area contributed by atoms with E-state index in [2.05, 4.69) is 15.5 Å². The zero-order valence-corrected chi connectivity index (χ0v) is 18.5. The molecule has 1 aliphatic rings. The molecule has 7 nitrogen and oxygen atoms in total. The lowest BCUT2D eigenvalue weighted by molar-refractivity contribution is 0.0951. The van der Waals surface area contributed by atoms with Gasteiger partial charge in [0.2, 0.25) is 0 Å². The molecule has 1 N–H and O–H groups in total. The Morgan fingerprint density at radius 1 is 1.27 bits per heavy atom. The van der Waals surface area contributed by atoms with Gasteiger partial charge < -0.3 is 19.3 Å². The number of hydrogen-bond acceptors (Lipinski definition) is 7. The molecule has 33 heavy (non-hydrogen) atoms. The standard InChI is InChI=1S/C24H20FN3O4S/c1-14-2-4-16(25)11-19(14)21-6-3-15-10-17(5-7-20(15)31-21)30-24-27-13-22(33-24)23(29)26-12-18-8-9-28-32-18/h2,4-5,7-11,13,21H,3,6,12H2,1H3,(H,26,29). The lowest BCUT2D eigenvalue weighted by Crippen LogP contribution is -2.21. The van der Waals surface area contributed by atoms with Crippen LogP contribution in [0.4, 0.5) is 4.39 Å². The molecule has 0 aliphatic carbocycles. The van der Waals surface area contributed by atoms with Crippen LogP contribution in [-0.4, -0.2) is 16.0 Å². The summed E-state index contributed by atoms with van der Waals surface area (Å²) in [4.78, 5) is 16.9. The van der Waals surface area contributed by atoms with Gasteiger partial charge in [-0.25, -0.2) is 9.37 Å². The maximum atomic E-state index is 13.7. The van der Waals surface area contributed by atoms with Crippen LogP contribution in [0.2, 0.25) is 0 Å². The summed E-state index contributed by atoms with van der Waals surface area (Å²) >= 11 is 1.15. The highest BCUT2D eigenvalue weighted by atomic mass is 32.1. The first-order valence-corrected chi connectivity index (χ1v) is 11.2. The quantitative estimate of drug-likeness (QED) is 0.412.